The summed E-state index contributed by atoms with van der Waals surface area (Å²) in [6.07, 6.45) is -0.973. The highest BCUT2D eigenvalue weighted by atomic mass is 19.1. The van der Waals surface area contributed by atoms with E-state index < -0.39 is 30.0 Å². The van der Waals surface area contributed by atoms with E-state index in [9.17, 15) is 23.9 Å². The number of anilines is 2. The van der Waals surface area contributed by atoms with Gasteiger partial charge in [-0.25, -0.2) is 14.2 Å². The van der Waals surface area contributed by atoms with Gasteiger partial charge in [-0.3, -0.25) is 14.5 Å². The van der Waals surface area contributed by atoms with Gasteiger partial charge in [-0.05, 0) is 25.1 Å². The summed E-state index contributed by atoms with van der Waals surface area (Å²) in [4.78, 5) is 37.6. The summed E-state index contributed by atoms with van der Waals surface area (Å²) < 4.78 is 19.9. The van der Waals surface area contributed by atoms with Crippen molar-refractivity contribution in [1.29, 1.82) is 0 Å². The Morgan fingerprint density at radius 1 is 1.41 bits per heavy atom. The van der Waals surface area contributed by atoms with Gasteiger partial charge >= 0.3 is 6.09 Å². The molecule has 3 amide bonds. The molecule has 2 heterocycles. The van der Waals surface area contributed by atoms with Gasteiger partial charge in [-0.15, -0.1) is 0 Å². The van der Waals surface area contributed by atoms with Crippen LogP contribution in [0.15, 0.2) is 23.3 Å². The van der Waals surface area contributed by atoms with E-state index in [2.05, 4.69) is 10.4 Å². The number of halogens is 1. The predicted octanol–water partition coefficient (Wildman–Crippen LogP) is 0.260. The van der Waals surface area contributed by atoms with Crippen LogP contribution < -0.4 is 15.1 Å². The second-order valence-corrected chi connectivity index (χ2v) is 6.75. The van der Waals surface area contributed by atoms with Crippen LogP contribution in [0, 0.1) is 5.82 Å². The number of hydrogen-bond acceptors (Lipinski definition) is 7. The van der Waals surface area contributed by atoms with E-state index in [4.69, 9.17) is 4.74 Å². The zero-order valence-electron chi connectivity index (χ0n) is 16.0. The largest absolute Gasteiger partial charge is 0.442 e. The Bertz CT molecular complexity index is 846. The number of hydrogen-bond donors (Lipinski definition) is 2. The topological polar surface area (TPSA) is 115 Å². The highest BCUT2D eigenvalue weighted by Gasteiger charge is 2.33. The Labute approximate surface area is 166 Å². The first-order chi connectivity index (χ1) is 13.8. The molecule has 1 saturated heterocycles. The SMILES string of the molecule is CC(=O)NCC1CN(c2ccc(N3C=NN(C(=O)C(C)O)CC3)c(F)c2)C(=O)O1. The molecule has 3 rings (SSSR count). The van der Waals surface area contributed by atoms with Gasteiger partial charge in [0.15, 0.2) is 0 Å². The Balaban J connectivity index is 1.68. The van der Waals surface area contributed by atoms with Crippen LogP contribution in [0.1, 0.15) is 13.8 Å². The summed E-state index contributed by atoms with van der Waals surface area (Å²) in [5.41, 5.74) is 0.574. The van der Waals surface area contributed by atoms with Crippen LogP contribution >= 0.6 is 0 Å². The van der Waals surface area contributed by atoms with E-state index in [0.717, 1.165) is 5.01 Å². The fraction of sp³-hybridized carbons (Fsp3) is 0.444. The highest BCUT2D eigenvalue weighted by Crippen LogP contribution is 2.28. The third kappa shape index (κ3) is 4.62. The zero-order valence-corrected chi connectivity index (χ0v) is 16.0. The number of aliphatic hydroxyl groups is 1. The summed E-state index contributed by atoms with van der Waals surface area (Å²) in [5.74, 6) is -1.33. The summed E-state index contributed by atoms with van der Waals surface area (Å²) in [5, 5.41) is 17.0. The number of cyclic esters (lactones) is 1. The minimum atomic E-state index is -1.16. The lowest BCUT2D eigenvalue weighted by Gasteiger charge is -2.29. The summed E-state index contributed by atoms with van der Waals surface area (Å²) in [6, 6.07) is 4.32. The van der Waals surface area contributed by atoms with E-state index in [1.54, 1.807) is 6.07 Å². The van der Waals surface area contributed by atoms with Crippen molar-refractivity contribution in [3.63, 3.8) is 0 Å². The second kappa shape index (κ2) is 8.43. The first-order valence-electron chi connectivity index (χ1n) is 9.08. The minimum absolute atomic E-state index is 0.185. The number of amides is 3. The molecular formula is C18H22FN5O5. The molecule has 2 atom stereocenters. The van der Waals surface area contributed by atoms with Crippen LogP contribution in [0.4, 0.5) is 20.6 Å². The first-order valence-corrected chi connectivity index (χ1v) is 9.08. The highest BCUT2D eigenvalue weighted by molar-refractivity contribution is 5.91. The smallest absolute Gasteiger partial charge is 0.414 e. The summed E-state index contributed by atoms with van der Waals surface area (Å²) >= 11 is 0. The molecule has 2 N–H and O–H groups in total. The van der Waals surface area contributed by atoms with Gasteiger partial charge in [0.05, 0.1) is 31.0 Å². The number of rotatable bonds is 5. The van der Waals surface area contributed by atoms with Crippen LogP contribution in [0.5, 0.6) is 0 Å². The lowest BCUT2D eigenvalue weighted by atomic mass is 10.2. The predicted molar refractivity (Wildman–Crippen MR) is 102 cm³/mol. The molecule has 2 aliphatic heterocycles. The summed E-state index contributed by atoms with van der Waals surface area (Å²) in [6.45, 7) is 3.59. The van der Waals surface area contributed by atoms with Crippen molar-refractivity contribution in [2.24, 2.45) is 5.10 Å². The molecule has 1 aromatic carbocycles. The van der Waals surface area contributed by atoms with E-state index in [1.807, 2.05) is 0 Å². The third-order valence-corrected chi connectivity index (χ3v) is 4.50. The maximum absolute atomic E-state index is 14.7. The third-order valence-electron chi connectivity index (χ3n) is 4.50. The van der Waals surface area contributed by atoms with Crippen molar-refractivity contribution in [2.75, 3.05) is 36.0 Å². The Morgan fingerprint density at radius 3 is 2.76 bits per heavy atom. The molecule has 156 valence electrons. The van der Waals surface area contributed by atoms with E-state index >= 15 is 0 Å². The molecule has 1 aromatic rings. The molecule has 0 spiro atoms. The van der Waals surface area contributed by atoms with Crippen molar-refractivity contribution < 1.29 is 28.6 Å². The van der Waals surface area contributed by atoms with Crippen LogP contribution in [-0.4, -0.2) is 72.7 Å². The molecule has 1 fully saturated rings. The molecular weight excluding hydrogens is 385 g/mol. The first kappa shape index (κ1) is 20.5. The molecule has 0 aliphatic carbocycles. The maximum Gasteiger partial charge on any atom is 0.414 e. The van der Waals surface area contributed by atoms with Crippen molar-refractivity contribution in [3.8, 4) is 0 Å². The number of carbonyl (C=O) groups excluding carboxylic acids is 3. The number of ether oxygens (including phenoxy) is 1. The monoisotopic (exact) mass is 407 g/mol. The molecule has 11 heteroatoms. The molecule has 2 unspecified atom stereocenters. The molecule has 0 bridgehead atoms. The van der Waals surface area contributed by atoms with E-state index in [0.29, 0.717) is 12.2 Å². The number of hydrazone groups is 1. The average molecular weight is 407 g/mol. The van der Waals surface area contributed by atoms with Gasteiger partial charge in [0.1, 0.15) is 24.4 Å². The van der Waals surface area contributed by atoms with Gasteiger partial charge in [0.25, 0.3) is 5.91 Å². The van der Waals surface area contributed by atoms with Gasteiger partial charge < -0.3 is 20.1 Å². The second-order valence-electron chi connectivity index (χ2n) is 6.75. The quantitative estimate of drug-likeness (QED) is 0.724. The molecule has 0 radical (unpaired) electrons. The Morgan fingerprint density at radius 2 is 2.17 bits per heavy atom. The number of aliphatic hydroxyl groups excluding tert-OH is 1. The fourth-order valence-corrected chi connectivity index (χ4v) is 3.00. The number of benzene rings is 1. The molecule has 29 heavy (non-hydrogen) atoms. The minimum Gasteiger partial charge on any atom is -0.442 e. The standard InChI is InChI=1S/C18H22FN5O5/c1-11(25)17(27)24-6-5-22(10-21-24)16-4-3-13(7-15(16)19)23-9-14(29-18(23)28)8-20-12(2)26/h3-4,7,10-11,14,25H,5-6,8-9H2,1-2H3,(H,20,26). The van der Waals surface area contributed by atoms with Gasteiger partial charge in [-0.2, -0.15) is 5.10 Å². The van der Waals surface area contributed by atoms with Gasteiger partial charge in [0, 0.05) is 13.5 Å². The van der Waals surface area contributed by atoms with Crippen LogP contribution in [0.3, 0.4) is 0 Å². The fourth-order valence-electron chi connectivity index (χ4n) is 3.00. The number of nitrogens with one attached hydrogen (secondary N) is 1. The number of nitrogens with zero attached hydrogens (tertiary/aromatic N) is 4. The van der Waals surface area contributed by atoms with Crippen molar-refractivity contribution in [3.05, 3.63) is 24.0 Å². The Kier molecular flexibility index (Phi) is 5.97. The van der Waals surface area contributed by atoms with Gasteiger partial charge in [0.2, 0.25) is 5.91 Å². The van der Waals surface area contributed by atoms with Crippen molar-refractivity contribution >= 4 is 35.6 Å². The van der Waals surface area contributed by atoms with Gasteiger partial charge in [-0.1, -0.05) is 0 Å². The normalized spacial score (nSPS) is 19.9. The van der Waals surface area contributed by atoms with Crippen LogP contribution in [-0.2, 0) is 14.3 Å². The number of carbonyl (C=O) groups is 3. The lowest BCUT2D eigenvalue weighted by Crippen LogP contribution is -2.44. The molecule has 0 saturated carbocycles. The van der Waals surface area contributed by atoms with Crippen molar-refractivity contribution in [2.45, 2.75) is 26.1 Å². The molecule has 2 aliphatic rings. The Hall–Kier alpha value is -3.21. The van der Waals surface area contributed by atoms with E-state index in [1.165, 1.54) is 42.1 Å². The van der Waals surface area contributed by atoms with Crippen LogP contribution in [0.2, 0.25) is 0 Å². The average Bonchev–Trinajstić information content (AvgIpc) is 3.06. The van der Waals surface area contributed by atoms with Crippen LogP contribution in [0.25, 0.3) is 0 Å². The maximum atomic E-state index is 14.7. The van der Waals surface area contributed by atoms with E-state index in [-0.39, 0.29) is 31.2 Å². The summed E-state index contributed by atoms with van der Waals surface area (Å²) in [7, 11) is 0. The molecule has 0 aromatic heterocycles. The zero-order chi connectivity index (χ0) is 21.1. The molecule has 10 nitrogen and oxygen atoms in total. The lowest BCUT2D eigenvalue weighted by molar-refractivity contribution is -0.139. The van der Waals surface area contributed by atoms with Crippen molar-refractivity contribution in [1.82, 2.24) is 10.3 Å².